The molecule has 1 aromatic carbocycles. The van der Waals surface area contributed by atoms with Crippen LogP contribution in [0, 0.1) is 6.92 Å². The highest BCUT2D eigenvalue weighted by atomic mass is 16.3. The molecule has 3 heteroatoms. The first kappa shape index (κ1) is 9.60. The number of rotatable bonds is 1. The van der Waals surface area contributed by atoms with Crippen LogP contribution in [0.4, 0.5) is 0 Å². The van der Waals surface area contributed by atoms with Gasteiger partial charge in [-0.1, -0.05) is 24.3 Å². The minimum atomic E-state index is -0.412. The van der Waals surface area contributed by atoms with Crippen LogP contribution >= 0.6 is 0 Å². The highest BCUT2D eigenvalue weighted by molar-refractivity contribution is 5.35. The number of aromatic nitrogens is 2. The van der Waals surface area contributed by atoms with Crippen LogP contribution in [0.2, 0.25) is 0 Å². The summed E-state index contributed by atoms with van der Waals surface area (Å²) in [6.07, 6.45) is 4.26. The third kappa shape index (κ3) is 1.36. The van der Waals surface area contributed by atoms with Gasteiger partial charge in [0.25, 0.3) is 0 Å². The molecular weight excluding hydrogens is 200 g/mol. The largest absolute Gasteiger partial charge is 0.386 e. The van der Waals surface area contributed by atoms with E-state index in [-0.39, 0.29) is 6.04 Å². The second kappa shape index (κ2) is 3.46. The van der Waals surface area contributed by atoms with Crippen LogP contribution in [0.15, 0.2) is 36.8 Å². The van der Waals surface area contributed by atoms with Gasteiger partial charge in [0.15, 0.2) is 0 Å². The van der Waals surface area contributed by atoms with Gasteiger partial charge in [0.1, 0.15) is 6.10 Å². The maximum atomic E-state index is 10.3. The molecule has 0 fully saturated rings. The summed E-state index contributed by atoms with van der Waals surface area (Å²) >= 11 is 0. The lowest BCUT2D eigenvalue weighted by Crippen LogP contribution is -2.12. The fraction of sp³-hybridized carbons (Fsp3) is 0.308. The molecule has 16 heavy (non-hydrogen) atoms. The van der Waals surface area contributed by atoms with E-state index in [1.807, 2.05) is 35.9 Å². The molecule has 1 aromatic heterocycles. The number of aliphatic hydroxyl groups is 1. The van der Waals surface area contributed by atoms with Crippen LogP contribution < -0.4 is 0 Å². The van der Waals surface area contributed by atoms with Gasteiger partial charge in [0.05, 0.1) is 18.1 Å². The molecule has 0 bridgehead atoms. The smallest absolute Gasteiger partial charge is 0.100 e. The second-order valence-corrected chi connectivity index (χ2v) is 4.38. The van der Waals surface area contributed by atoms with Crippen molar-refractivity contribution in [2.24, 2.45) is 0 Å². The predicted octanol–water partition coefficient (Wildman–Crippen LogP) is 2.02. The predicted molar refractivity (Wildman–Crippen MR) is 61.1 cm³/mol. The molecule has 1 aliphatic carbocycles. The van der Waals surface area contributed by atoms with E-state index in [1.165, 1.54) is 5.56 Å². The fourth-order valence-corrected chi connectivity index (χ4v) is 2.44. The molecule has 1 heterocycles. The zero-order valence-corrected chi connectivity index (χ0v) is 9.17. The number of fused-ring (bicyclic) bond motifs is 1. The van der Waals surface area contributed by atoms with Gasteiger partial charge >= 0.3 is 0 Å². The van der Waals surface area contributed by atoms with Gasteiger partial charge in [-0.2, -0.15) is 0 Å². The molecule has 0 aliphatic heterocycles. The lowest BCUT2D eigenvalue weighted by molar-refractivity contribution is 0.127. The number of aryl methyl sites for hydroxylation is 1. The van der Waals surface area contributed by atoms with Crippen molar-refractivity contribution in [2.75, 3.05) is 0 Å². The maximum Gasteiger partial charge on any atom is 0.100 e. The summed E-state index contributed by atoms with van der Waals surface area (Å²) in [5, 5.41) is 10.3. The van der Waals surface area contributed by atoms with Crippen molar-refractivity contribution in [3.8, 4) is 0 Å². The SMILES string of the molecule is Cc1cn([C@@H]2Cc3ccccc3[C@@H]2O)cn1. The number of hydrogen-bond donors (Lipinski definition) is 1. The lowest BCUT2D eigenvalue weighted by atomic mass is 10.1. The molecule has 1 aliphatic rings. The molecule has 2 atom stereocenters. The number of aliphatic hydroxyl groups excluding tert-OH is 1. The van der Waals surface area contributed by atoms with Crippen molar-refractivity contribution in [3.05, 3.63) is 53.6 Å². The Balaban J connectivity index is 1.98. The van der Waals surface area contributed by atoms with E-state index >= 15 is 0 Å². The van der Waals surface area contributed by atoms with Crippen LogP contribution in [0.3, 0.4) is 0 Å². The van der Waals surface area contributed by atoms with Gasteiger partial charge in [0.2, 0.25) is 0 Å². The third-order valence-corrected chi connectivity index (χ3v) is 3.28. The Morgan fingerprint density at radius 3 is 2.88 bits per heavy atom. The van der Waals surface area contributed by atoms with E-state index in [0.29, 0.717) is 0 Å². The average Bonchev–Trinajstić information content (AvgIpc) is 2.84. The van der Waals surface area contributed by atoms with Crippen molar-refractivity contribution >= 4 is 0 Å². The Labute approximate surface area is 94.4 Å². The number of hydrogen-bond acceptors (Lipinski definition) is 2. The van der Waals surface area contributed by atoms with E-state index in [9.17, 15) is 5.11 Å². The molecule has 0 amide bonds. The first-order valence-electron chi connectivity index (χ1n) is 5.51. The quantitative estimate of drug-likeness (QED) is 0.788. The summed E-state index contributed by atoms with van der Waals surface area (Å²) in [5.74, 6) is 0. The van der Waals surface area contributed by atoms with Gasteiger partial charge in [-0.15, -0.1) is 0 Å². The molecule has 0 unspecified atom stereocenters. The summed E-state index contributed by atoms with van der Waals surface area (Å²) < 4.78 is 2.01. The normalized spacial score (nSPS) is 23.4. The number of benzene rings is 1. The lowest BCUT2D eigenvalue weighted by Gasteiger charge is -2.16. The molecule has 0 saturated heterocycles. The minimum Gasteiger partial charge on any atom is -0.386 e. The van der Waals surface area contributed by atoms with Crippen molar-refractivity contribution in [1.29, 1.82) is 0 Å². The highest BCUT2D eigenvalue weighted by Crippen LogP contribution is 2.38. The van der Waals surface area contributed by atoms with E-state index in [2.05, 4.69) is 11.1 Å². The van der Waals surface area contributed by atoms with Crippen LogP contribution in [0.1, 0.15) is 29.0 Å². The van der Waals surface area contributed by atoms with Crippen molar-refractivity contribution < 1.29 is 5.11 Å². The Morgan fingerprint density at radius 1 is 1.38 bits per heavy atom. The summed E-state index contributed by atoms with van der Waals surface area (Å²) in [6, 6.07) is 8.18. The molecule has 0 saturated carbocycles. The molecule has 2 aromatic rings. The standard InChI is InChI=1S/C13H14N2O/c1-9-7-15(8-14-9)12-6-10-4-2-3-5-11(10)13(12)16/h2-5,7-8,12-13,16H,6H2,1H3/t12-,13+/m1/s1. The van der Waals surface area contributed by atoms with E-state index in [4.69, 9.17) is 0 Å². The highest BCUT2D eigenvalue weighted by Gasteiger charge is 2.31. The van der Waals surface area contributed by atoms with Crippen LogP contribution in [0.5, 0.6) is 0 Å². The number of nitrogens with zero attached hydrogens (tertiary/aromatic N) is 2. The van der Waals surface area contributed by atoms with Gasteiger partial charge in [-0.25, -0.2) is 4.98 Å². The maximum absolute atomic E-state index is 10.3. The Hall–Kier alpha value is -1.61. The Kier molecular flexibility index (Phi) is 2.07. The fourth-order valence-electron chi connectivity index (χ4n) is 2.44. The van der Waals surface area contributed by atoms with Gasteiger partial charge < -0.3 is 9.67 Å². The van der Waals surface area contributed by atoms with E-state index < -0.39 is 6.10 Å². The summed E-state index contributed by atoms with van der Waals surface area (Å²) in [7, 11) is 0. The Morgan fingerprint density at radius 2 is 2.19 bits per heavy atom. The van der Waals surface area contributed by atoms with Crippen molar-refractivity contribution in [2.45, 2.75) is 25.5 Å². The summed E-state index contributed by atoms with van der Waals surface area (Å²) in [6.45, 7) is 1.96. The zero-order valence-electron chi connectivity index (χ0n) is 9.17. The molecular formula is C13H14N2O. The number of imidazole rings is 1. The third-order valence-electron chi connectivity index (χ3n) is 3.28. The average molecular weight is 214 g/mol. The van der Waals surface area contributed by atoms with E-state index in [0.717, 1.165) is 17.7 Å². The first-order chi connectivity index (χ1) is 7.75. The molecule has 1 N–H and O–H groups in total. The minimum absolute atomic E-state index is 0.0959. The summed E-state index contributed by atoms with van der Waals surface area (Å²) in [5.41, 5.74) is 3.29. The molecule has 3 nitrogen and oxygen atoms in total. The summed E-state index contributed by atoms with van der Waals surface area (Å²) in [4.78, 5) is 4.21. The van der Waals surface area contributed by atoms with E-state index in [1.54, 1.807) is 6.33 Å². The molecule has 0 spiro atoms. The first-order valence-corrected chi connectivity index (χ1v) is 5.51. The van der Waals surface area contributed by atoms with Crippen LogP contribution in [-0.4, -0.2) is 14.7 Å². The zero-order chi connectivity index (χ0) is 11.1. The van der Waals surface area contributed by atoms with Crippen molar-refractivity contribution in [3.63, 3.8) is 0 Å². The molecule has 3 rings (SSSR count). The van der Waals surface area contributed by atoms with Gasteiger partial charge in [0, 0.05) is 6.20 Å². The van der Waals surface area contributed by atoms with Crippen molar-refractivity contribution in [1.82, 2.24) is 9.55 Å². The Bertz CT molecular complexity index is 518. The topological polar surface area (TPSA) is 38.0 Å². The van der Waals surface area contributed by atoms with Crippen LogP contribution in [0.25, 0.3) is 0 Å². The monoisotopic (exact) mass is 214 g/mol. The molecule has 0 radical (unpaired) electrons. The van der Waals surface area contributed by atoms with Gasteiger partial charge in [-0.05, 0) is 24.5 Å². The second-order valence-electron chi connectivity index (χ2n) is 4.38. The van der Waals surface area contributed by atoms with Crippen LogP contribution in [-0.2, 0) is 6.42 Å². The molecule has 82 valence electrons. The van der Waals surface area contributed by atoms with Gasteiger partial charge in [-0.3, -0.25) is 0 Å².